The van der Waals surface area contributed by atoms with E-state index in [1.54, 1.807) is 0 Å². The van der Waals surface area contributed by atoms with Crippen molar-refractivity contribution in [3.05, 3.63) is 35.4 Å². The van der Waals surface area contributed by atoms with Crippen LogP contribution in [0.25, 0.3) is 0 Å². The summed E-state index contributed by atoms with van der Waals surface area (Å²) in [6, 6.07) is 11.6. The van der Waals surface area contributed by atoms with Gasteiger partial charge in [0.05, 0.1) is 24.7 Å². The molecule has 3 rings (SSSR count). The zero-order chi connectivity index (χ0) is 20.5. The molecule has 0 atom stereocenters. The monoisotopic (exact) mass is 397 g/mol. The maximum Gasteiger partial charge on any atom is 0.183 e. The summed E-state index contributed by atoms with van der Waals surface area (Å²) in [5, 5.41) is 9.77. The molecule has 1 aliphatic heterocycles. The highest BCUT2D eigenvalue weighted by molar-refractivity contribution is 5.27. The molecule has 1 aromatic rings. The molecule has 0 bridgehead atoms. The summed E-state index contributed by atoms with van der Waals surface area (Å²) in [7, 11) is 0. The molecule has 0 spiro atoms. The quantitative estimate of drug-likeness (QED) is 0.411. The van der Waals surface area contributed by atoms with Crippen LogP contribution in [0.4, 0.5) is 0 Å². The van der Waals surface area contributed by atoms with Crippen LogP contribution in [0, 0.1) is 22.7 Å². The highest BCUT2D eigenvalue weighted by Gasteiger charge is 2.35. The number of hydrogen-bond donors (Lipinski definition) is 0. The van der Waals surface area contributed by atoms with E-state index in [0.717, 1.165) is 50.9 Å². The van der Waals surface area contributed by atoms with Crippen LogP contribution in [-0.2, 0) is 9.47 Å². The molecule has 29 heavy (non-hydrogen) atoms. The SMILES string of the molecule is CCCCCC1(C#N)CCC(c2ccc(C3OCC(CCCC)CO3)cc2)CC1. The van der Waals surface area contributed by atoms with Gasteiger partial charge in [0.15, 0.2) is 6.29 Å². The topological polar surface area (TPSA) is 42.2 Å². The van der Waals surface area contributed by atoms with E-state index in [1.165, 1.54) is 44.1 Å². The Hall–Kier alpha value is -1.37. The van der Waals surface area contributed by atoms with Crippen LogP contribution in [-0.4, -0.2) is 13.2 Å². The van der Waals surface area contributed by atoms with Gasteiger partial charge < -0.3 is 9.47 Å². The van der Waals surface area contributed by atoms with Crippen LogP contribution in [0.5, 0.6) is 0 Å². The molecule has 0 radical (unpaired) electrons. The second-order valence-corrected chi connectivity index (χ2v) is 9.30. The number of unbranched alkanes of at least 4 members (excludes halogenated alkanes) is 3. The van der Waals surface area contributed by atoms with E-state index in [0.29, 0.717) is 11.8 Å². The van der Waals surface area contributed by atoms with Crippen molar-refractivity contribution >= 4 is 0 Å². The molecule has 1 aromatic carbocycles. The first-order chi connectivity index (χ1) is 14.2. The van der Waals surface area contributed by atoms with Gasteiger partial charge in [-0.1, -0.05) is 70.2 Å². The molecule has 0 aromatic heterocycles. The summed E-state index contributed by atoms with van der Waals surface area (Å²) >= 11 is 0. The molecule has 0 N–H and O–H groups in total. The Morgan fingerprint density at radius 1 is 0.931 bits per heavy atom. The number of hydrogen-bond acceptors (Lipinski definition) is 3. The summed E-state index contributed by atoms with van der Waals surface area (Å²) in [5.74, 6) is 1.13. The number of ether oxygens (including phenoxy) is 2. The largest absolute Gasteiger partial charge is 0.348 e. The maximum atomic E-state index is 9.77. The fraction of sp³-hybridized carbons (Fsp3) is 0.731. The van der Waals surface area contributed by atoms with E-state index in [4.69, 9.17) is 9.47 Å². The number of nitrogens with zero attached hydrogens (tertiary/aromatic N) is 1. The van der Waals surface area contributed by atoms with Crippen molar-refractivity contribution in [2.45, 2.75) is 96.7 Å². The minimum absolute atomic E-state index is 0.0658. The average Bonchev–Trinajstić information content (AvgIpc) is 2.79. The lowest BCUT2D eigenvalue weighted by atomic mass is 9.67. The third-order valence-corrected chi connectivity index (χ3v) is 7.05. The molecule has 2 aliphatic rings. The van der Waals surface area contributed by atoms with Gasteiger partial charge in [-0.05, 0) is 50.0 Å². The highest BCUT2D eigenvalue weighted by atomic mass is 16.7. The minimum Gasteiger partial charge on any atom is -0.348 e. The summed E-state index contributed by atoms with van der Waals surface area (Å²) in [4.78, 5) is 0. The first-order valence-corrected chi connectivity index (χ1v) is 11.9. The van der Waals surface area contributed by atoms with Crippen molar-refractivity contribution in [3.63, 3.8) is 0 Å². The molecule has 0 unspecified atom stereocenters. The third kappa shape index (κ3) is 6.06. The molecule has 1 aliphatic carbocycles. The molecule has 160 valence electrons. The standard InChI is InChI=1S/C26H39NO2/c1-3-5-7-15-26(20-27)16-13-23(14-17-26)22-9-11-24(12-10-22)25-28-18-21(19-29-25)8-6-4-2/h9-12,21,23,25H,3-8,13-19H2,1-2H3. The first kappa shape index (κ1) is 22.3. The zero-order valence-electron chi connectivity index (χ0n) is 18.5. The van der Waals surface area contributed by atoms with Crippen molar-refractivity contribution < 1.29 is 9.47 Å². The Labute approximate surface area is 177 Å². The predicted octanol–water partition coefficient (Wildman–Crippen LogP) is 7.29. The molecule has 3 heteroatoms. The van der Waals surface area contributed by atoms with E-state index in [9.17, 15) is 5.26 Å². The Kier molecular flexibility index (Phi) is 8.57. The van der Waals surface area contributed by atoms with Gasteiger partial charge in [0.25, 0.3) is 0 Å². The number of rotatable bonds is 9. The highest BCUT2D eigenvalue weighted by Crippen LogP contribution is 2.45. The third-order valence-electron chi connectivity index (χ3n) is 7.05. The minimum atomic E-state index is -0.210. The maximum absolute atomic E-state index is 9.77. The van der Waals surface area contributed by atoms with Crippen molar-refractivity contribution in [1.29, 1.82) is 5.26 Å². The molecule has 2 fully saturated rings. The van der Waals surface area contributed by atoms with Crippen LogP contribution in [0.3, 0.4) is 0 Å². The Balaban J connectivity index is 1.49. The molecular weight excluding hydrogens is 358 g/mol. The number of benzene rings is 1. The zero-order valence-corrected chi connectivity index (χ0v) is 18.5. The van der Waals surface area contributed by atoms with Crippen LogP contribution >= 0.6 is 0 Å². The van der Waals surface area contributed by atoms with E-state index < -0.39 is 0 Å². The Bertz CT molecular complexity index is 632. The van der Waals surface area contributed by atoms with Gasteiger partial charge in [0.2, 0.25) is 0 Å². The van der Waals surface area contributed by atoms with Crippen molar-refractivity contribution in [2.24, 2.45) is 11.3 Å². The van der Waals surface area contributed by atoms with E-state index in [2.05, 4.69) is 44.2 Å². The second kappa shape index (κ2) is 11.1. The molecule has 3 nitrogen and oxygen atoms in total. The second-order valence-electron chi connectivity index (χ2n) is 9.30. The van der Waals surface area contributed by atoms with Crippen LogP contribution < -0.4 is 0 Å². The van der Waals surface area contributed by atoms with Gasteiger partial charge in [-0.2, -0.15) is 5.26 Å². The van der Waals surface area contributed by atoms with Crippen molar-refractivity contribution in [1.82, 2.24) is 0 Å². The summed E-state index contributed by atoms with van der Waals surface area (Å²) in [5.41, 5.74) is 2.47. The summed E-state index contributed by atoms with van der Waals surface area (Å²) in [6.45, 7) is 6.08. The van der Waals surface area contributed by atoms with Gasteiger partial charge in [-0.3, -0.25) is 0 Å². The lowest BCUT2D eigenvalue weighted by molar-refractivity contribution is -0.206. The average molecular weight is 398 g/mol. The Morgan fingerprint density at radius 3 is 2.14 bits per heavy atom. The van der Waals surface area contributed by atoms with Crippen LogP contribution in [0.1, 0.15) is 108 Å². The summed E-state index contributed by atoms with van der Waals surface area (Å²) < 4.78 is 12.0. The van der Waals surface area contributed by atoms with Crippen molar-refractivity contribution in [2.75, 3.05) is 13.2 Å². The van der Waals surface area contributed by atoms with Gasteiger partial charge in [0, 0.05) is 11.5 Å². The predicted molar refractivity (Wildman–Crippen MR) is 117 cm³/mol. The smallest absolute Gasteiger partial charge is 0.183 e. The molecule has 1 heterocycles. The fourth-order valence-electron chi connectivity index (χ4n) is 4.96. The lowest BCUT2D eigenvalue weighted by Gasteiger charge is -2.35. The molecular formula is C26H39NO2. The van der Waals surface area contributed by atoms with Crippen molar-refractivity contribution in [3.8, 4) is 6.07 Å². The lowest BCUT2D eigenvalue weighted by Crippen LogP contribution is -2.27. The van der Waals surface area contributed by atoms with Gasteiger partial charge in [-0.15, -0.1) is 0 Å². The fourth-order valence-corrected chi connectivity index (χ4v) is 4.96. The first-order valence-electron chi connectivity index (χ1n) is 11.9. The number of nitriles is 1. The van der Waals surface area contributed by atoms with E-state index >= 15 is 0 Å². The molecule has 1 saturated heterocycles. The van der Waals surface area contributed by atoms with E-state index in [1.807, 2.05) is 0 Å². The molecule has 1 saturated carbocycles. The van der Waals surface area contributed by atoms with Gasteiger partial charge in [0.1, 0.15) is 0 Å². The summed E-state index contributed by atoms with van der Waals surface area (Å²) in [6.07, 6.45) is 12.6. The van der Waals surface area contributed by atoms with Gasteiger partial charge in [-0.25, -0.2) is 0 Å². The van der Waals surface area contributed by atoms with Gasteiger partial charge >= 0.3 is 0 Å². The Morgan fingerprint density at radius 2 is 1.55 bits per heavy atom. The van der Waals surface area contributed by atoms with E-state index in [-0.39, 0.29) is 11.7 Å². The molecule has 0 amide bonds. The van der Waals surface area contributed by atoms with Crippen LogP contribution in [0.2, 0.25) is 0 Å². The normalized spacial score (nSPS) is 30.0. The van der Waals surface area contributed by atoms with Crippen LogP contribution in [0.15, 0.2) is 24.3 Å².